The van der Waals surface area contributed by atoms with E-state index in [-0.39, 0.29) is 16.7 Å². The first-order valence-electron chi connectivity index (χ1n) is 9.09. The number of carbonyl (C=O) groups excluding carboxylic acids is 1. The summed E-state index contributed by atoms with van der Waals surface area (Å²) in [5, 5.41) is 16.0. The molecule has 1 aromatic heterocycles. The van der Waals surface area contributed by atoms with E-state index in [9.17, 15) is 4.79 Å². The largest absolute Gasteiger partial charge is 0.351 e. The lowest BCUT2D eigenvalue weighted by molar-refractivity contribution is -0.122. The van der Waals surface area contributed by atoms with Gasteiger partial charge in [0.1, 0.15) is 5.82 Å². The highest BCUT2D eigenvalue weighted by molar-refractivity contribution is 8.00. The number of nitrogens with zero attached hydrogens (tertiary/aromatic N) is 3. The number of rotatable bonds is 7. The van der Waals surface area contributed by atoms with Crippen molar-refractivity contribution in [1.82, 2.24) is 25.4 Å². The van der Waals surface area contributed by atoms with Crippen molar-refractivity contribution in [2.45, 2.75) is 75.4 Å². The molecule has 0 radical (unpaired) electrons. The first-order valence-corrected chi connectivity index (χ1v) is 9.97. The molecule has 1 aliphatic rings. The maximum atomic E-state index is 12.6. The summed E-state index contributed by atoms with van der Waals surface area (Å²) in [6.07, 6.45) is 4.76. The Bertz CT molecular complexity index is 587. The highest BCUT2D eigenvalue weighted by Crippen LogP contribution is 2.30. The van der Waals surface area contributed by atoms with Crippen LogP contribution in [0.2, 0.25) is 0 Å². The maximum Gasteiger partial charge on any atom is 0.233 e. The molecule has 0 bridgehead atoms. The molecule has 1 saturated heterocycles. The second-order valence-corrected chi connectivity index (χ2v) is 8.69. The second-order valence-electron chi connectivity index (χ2n) is 7.52. The first kappa shape index (κ1) is 20.0. The number of allylic oxidation sites excluding steroid dienone is 1. The van der Waals surface area contributed by atoms with Gasteiger partial charge in [0.15, 0.2) is 5.16 Å². The minimum atomic E-state index is -0.236. The predicted octanol–water partition coefficient (Wildman–Crippen LogP) is 2.72. The topological polar surface area (TPSA) is 71.8 Å². The summed E-state index contributed by atoms with van der Waals surface area (Å²) in [7, 11) is 0. The van der Waals surface area contributed by atoms with Crippen LogP contribution in [0.3, 0.4) is 0 Å². The van der Waals surface area contributed by atoms with Crippen LogP contribution in [0.25, 0.3) is 0 Å². The molecule has 2 N–H and O–H groups in total. The number of amides is 1. The van der Waals surface area contributed by atoms with Gasteiger partial charge in [-0.15, -0.1) is 16.8 Å². The van der Waals surface area contributed by atoms with E-state index in [0.717, 1.165) is 43.3 Å². The molecule has 7 heteroatoms. The zero-order valence-electron chi connectivity index (χ0n) is 15.8. The third kappa shape index (κ3) is 5.57. The molecular weight excluding hydrogens is 334 g/mol. The molecular formula is C18H31N5OS. The minimum Gasteiger partial charge on any atom is -0.351 e. The predicted molar refractivity (Wildman–Crippen MR) is 103 cm³/mol. The van der Waals surface area contributed by atoms with Crippen molar-refractivity contribution in [3.8, 4) is 0 Å². The number of piperidine rings is 1. The molecule has 0 aliphatic carbocycles. The fourth-order valence-corrected chi connectivity index (χ4v) is 3.94. The lowest BCUT2D eigenvalue weighted by atomic mass is 9.97. The summed E-state index contributed by atoms with van der Waals surface area (Å²) in [6.45, 7) is 14.6. The fourth-order valence-electron chi connectivity index (χ4n) is 2.97. The van der Waals surface area contributed by atoms with Crippen molar-refractivity contribution in [3.05, 3.63) is 18.5 Å². The molecule has 1 aromatic rings. The second kappa shape index (κ2) is 8.85. The minimum absolute atomic E-state index is 0.0524. The number of carbonyl (C=O) groups is 1. The summed E-state index contributed by atoms with van der Waals surface area (Å²) in [6, 6.07) is 0. The number of hydrogen-bond acceptors (Lipinski definition) is 5. The zero-order chi connectivity index (χ0) is 18.4. The standard InChI is InChI=1S/C18H31N5OS/c1-6-12-23-15(13-8-10-19-11-9-13)21-22-17(23)25-14(7-2)16(24)20-18(3,4)5/h6,13-14,19H,1,7-12H2,2-5H3,(H,20,24). The Labute approximate surface area is 155 Å². The lowest BCUT2D eigenvalue weighted by Gasteiger charge is -2.24. The average Bonchev–Trinajstić information content (AvgIpc) is 2.94. The highest BCUT2D eigenvalue weighted by atomic mass is 32.2. The summed E-state index contributed by atoms with van der Waals surface area (Å²) >= 11 is 1.50. The first-order chi connectivity index (χ1) is 11.9. The van der Waals surface area contributed by atoms with Crippen LogP contribution in [-0.4, -0.2) is 44.6 Å². The summed E-state index contributed by atoms with van der Waals surface area (Å²) in [5.74, 6) is 1.50. The Morgan fingerprint density at radius 1 is 1.44 bits per heavy atom. The van der Waals surface area contributed by atoms with E-state index in [0.29, 0.717) is 12.5 Å². The van der Waals surface area contributed by atoms with Gasteiger partial charge in [-0.1, -0.05) is 24.8 Å². The van der Waals surface area contributed by atoms with E-state index in [1.54, 1.807) is 0 Å². The average molecular weight is 366 g/mol. The summed E-state index contributed by atoms with van der Waals surface area (Å²) in [4.78, 5) is 12.6. The van der Waals surface area contributed by atoms with Crippen molar-refractivity contribution in [2.24, 2.45) is 0 Å². The van der Waals surface area contributed by atoms with Crippen LogP contribution in [0.1, 0.15) is 58.7 Å². The molecule has 25 heavy (non-hydrogen) atoms. The van der Waals surface area contributed by atoms with Crippen LogP contribution < -0.4 is 10.6 Å². The smallest absolute Gasteiger partial charge is 0.233 e. The molecule has 2 rings (SSSR count). The number of aromatic nitrogens is 3. The Morgan fingerprint density at radius 2 is 2.12 bits per heavy atom. The van der Waals surface area contributed by atoms with Crippen molar-refractivity contribution in [1.29, 1.82) is 0 Å². The van der Waals surface area contributed by atoms with Gasteiger partial charge in [0, 0.05) is 18.0 Å². The molecule has 140 valence electrons. The van der Waals surface area contributed by atoms with Gasteiger partial charge in [0.05, 0.1) is 5.25 Å². The van der Waals surface area contributed by atoms with Crippen LogP contribution in [0, 0.1) is 0 Å². The summed E-state index contributed by atoms with van der Waals surface area (Å²) in [5.41, 5.74) is -0.236. The number of thioether (sulfide) groups is 1. The van der Waals surface area contributed by atoms with Gasteiger partial charge in [-0.2, -0.15) is 0 Å². The molecule has 6 nitrogen and oxygen atoms in total. The fraction of sp³-hybridized carbons (Fsp3) is 0.722. The normalized spacial score (nSPS) is 17.3. The van der Waals surface area contributed by atoms with Crippen LogP contribution in [0.5, 0.6) is 0 Å². The van der Waals surface area contributed by atoms with E-state index in [4.69, 9.17) is 0 Å². The van der Waals surface area contributed by atoms with Crippen molar-refractivity contribution < 1.29 is 4.79 Å². The third-order valence-corrected chi connectivity index (χ3v) is 5.52. The van der Waals surface area contributed by atoms with E-state index in [1.165, 1.54) is 11.8 Å². The molecule has 0 saturated carbocycles. The molecule has 1 atom stereocenters. The van der Waals surface area contributed by atoms with Crippen molar-refractivity contribution in [2.75, 3.05) is 13.1 Å². The van der Waals surface area contributed by atoms with E-state index < -0.39 is 0 Å². The molecule has 0 aromatic carbocycles. The molecule has 1 fully saturated rings. The summed E-state index contributed by atoms with van der Waals surface area (Å²) < 4.78 is 2.13. The lowest BCUT2D eigenvalue weighted by Crippen LogP contribution is -2.44. The molecule has 1 aliphatic heterocycles. The Morgan fingerprint density at radius 3 is 2.68 bits per heavy atom. The van der Waals surface area contributed by atoms with Gasteiger partial charge in [0.25, 0.3) is 0 Å². The quantitative estimate of drug-likeness (QED) is 0.574. The van der Waals surface area contributed by atoms with Crippen LogP contribution in [0.4, 0.5) is 0 Å². The van der Waals surface area contributed by atoms with Gasteiger partial charge in [-0.3, -0.25) is 4.79 Å². The van der Waals surface area contributed by atoms with E-state index in [2.05, 4.69) is 32.0 Å². The van der Waals surface area contributed by atoms with Gasteiger partial charge < -0.3 is 15.2 Å². The highest BCUT2D eigenvalue weighted by Gasteiger charge is 2.27. The van der Waals surface area contributed by atoms with E-state index >= 15 is 0 Å². The molecule has 1 unspecified atom stereocenters. The van der Waals surface area contributed by atoms with Gasteiger partial charge >= 0.3 is 0 Å². The Kier molecular flexibility index (Phi) is 7.07. The number of hydrogen-bond donors (Lipinski definition) is 2. The monoisotopic (exact) mass is 365 g/mol. The van der Waals surface area contributed by atoms with Gasteiger partial charge in [-0.05, 0) is 53.1 Å². The van der Waals surface area contributed by atoms with Crippen LogP contribution in [0.15, 0.2) is 17.8 Å². The maximum absolute atomic E-state index is 12.6. The van der Waals surface area contributed by atoms with Crippen LogP contribution >= 0.6 is 11.8 Å². The molecule has 0 spiro atoms. The van der Waals surface area contributed by atoms with Crippen molar-refractivity contribution in [3.63, 3.8) is 0 Å². The molecule has 2 heterocycles. The van der Waals surface area contributed by atoms with Gasteiger partial charge in [0.2, 0.25) is 5.91 Å². The van der Waals surface area contributed by atoms with Crippen molar-refractivity contribution >= 4 is 17.7 Å². The Hall–Kier alpha value is -1.34. The van der Waals surface area contributed by atoms with E-state index in [1.807, 2.05) is 33.8 Å². The third-order valence-electron chi connectivity index (χ3n) is 4.17. The SMILES string of the molecule is C=CCn1c(SC(CC)C(=O)NC(C)(C)C)nnc1C1CCNCC1. The number of nitrogens with one attached hydrogen (secondary N) is 2. The zero-order valence-corrected chi connectivity index (χ0v) is 16.7. The Balaban J connectivity index is 2.18. The van der Waals surface area contributed by atoms with Gasteiger partial charge in [-0.25, -0.2) is 0 Å². The molecule has 1 amide bonds. The van der Waals surface area contributed by atoms with Crippen LogP contribution in [-0.2, 0) is 11.3 Å².